The van der Waals surface area contributed by atoms with Crippen LogP contribution in [0.15, 0.2) is 17.5 Å². The van der Waals surface area contributed by atoms with Gasteiger partial charge in [-0.1, -0.05) is 6.07 Å². The van der Waals surface area contributed by atoms with Crippen LogP contribution < -0.4 is 5.32 Å². The van der Waals surface area contributed by atoms with E-state index < -0.39 is 6.10 Å². The molecule has 1 unspecified atom stereocenters. The molecule has 0 aliphatic rings. The number of aliphatic hydroxyl groups is 1. The van der Waals surface area contributed by atoms with Crippen molar-refractivity contribution < 1.29 is 9.90 Å². The van der Waals surface area contributed by atoms with Gasteiger partial charge in [0.15, 0.2) is 0 Å². The lowest BCUT2D eigenvalue weighted by molar-refractivity contribution is -0.130. The molecule has 0 saturated carbocycles. The second-order valence-corrected chi connectivity index (χ2v) is 5.03. The number of hydrogen-bond acceptors (Lipinski definition) is 4. The van der Waals surface area contributed by atoms with Crippen molar-refractivity contribution in [3.8, 4) is 0 Å². The van der Waals surface area contributed by atoms with Gasteiger partial charge in [-0.05, 0) is 25.3 Å². The maximum Gasteiger partial charge on any atom is 0.223 e. The zero-order valence-electron chi connectivity index (χ0n) is 11.1. The summed E-state index contributed by atoms with van der Waals surface area (Å²) >= 11 is 1.54. The van der Waals surface area contributed by atoms with Crippen LogP contribution in [0.4, 0.5) is 0 Å². The topological polar surface area (TPSA) is 52.6 Å². The highest BCUT2D eigenvalue weighted by atomic mass is 32.1. The van der Waals surface area contributed by atoms with Crippen molar-refractivity contribution in [3.05, 3.63) is 22.4 Å². The molecule has 1 amide bonds. The summed E-state index contributed by atoms with van der Waals surface area (Å²) in [7, 11) is 0. The van der Waals surface area contributed by atoms with E-state index in [0.29, 0.717) is 19.5 Å². The third-order valence-electron chi connectivity index (χ3n) is 2.84. The predicted molar refractivity (Wildman–Crippen MR) is 74.7 cm³/mol. The minimum Gasteiger partial charge on any atom is -0.386 e. The van der Waals surface area contributed by atoms with Gasteiger partial charge in [0.2, 0.25) is 5.91 Å². The fourth-order valence-corrected chi connectivity index (χ4v) is 2.46. The molecule has 2 N–H and O–H groups in total. The molecule has 5 heteroatoms. The smallest absolute Gasteiger partial charge is 0.223 e. The number of amides is 1. The van der Waals surface area contributed by atoms with Gasteiger partial charge in [0.05, 0.1) is 0 Å². The lowest BCUT2D eigenvalue weighted by Crippen LogP contribution is -2.33. The molecule has 0 radical (unpaired) electrons. The zero-order chi connectivity index (χ0) is 13.4. The Morgan fingerprint density at radius 2 is 2.22 bits per heavy atom. The average Bonchev–Trinajstić information content (AvgIpc) is 2.89. The predicted octanol–water partition coefficient (Wildman–Crippen LogP) is 1.63. The number of nitrogens with one attached hydrogen (secondary N) is 1. The molecule has 0 aromatic carbocycles. The van der Waals surface area contributed by atoms with Gasteiger partial charge < -0.3 is 15.3 Å². The van der Waals surface area contributed by atoms with Crippen molar-refractivity contribution in [3.63, 3.8) is 0 Å². The fourth-order valence-electron chi connectivity index (χ4n) is 1.75. The summed E-state index contributed by atoms with van der Waals surface area (Å²) < 4.78 is 0. The SMILES string of the molecule is CCN(CC)C(=O)CCNCC(O)c1cccs1. The fraction of sp³-hybridized carbons (Fsp3) is 0.615. The van der Waals surface area contributed by atoms with E-state index in [0.717, 1.165) is 18.0 Å². The maximum absolute atomic E-state index is 11.7. The molecular weight excluding hydrogens is 248 g/mol. The van der Waals surface area contributed by atoms with Crippen LogP contribution in [0.3, 0.4) is 0 Å². The van der Waals surface area contributed by atoms with Crippen molar-refractivity contribution in [2.45, 2.75) is 26.4 Å². The minimum absolute atomic E-state index is 0.165. The molecule has 0 aliphatic carbocycles. The van der Waals surface area contributed by atoms with Gasteiger partial charge >= 0.3 is 0 Å². The number of carbonyl (C=O) groups is 1. The largest absolute Gasteiger partial charge is 0.386 e. The van der Waals surface area contributed by atoms with Crippen LogP contribution in [0.25, 0.3) is 0 Å². The highest BCUT2D eigenvalue weighted by Gasteiger charge is 2.10. The molecule has 102 valence electrons. The Morgan fingerprint density at radius 3 is 2.78 bits per heavy atom. The lowest BCUT2D eigenvalue weighted by Gasteiger charge is -2.18. The van der Waals surface area contributed by atoms with E-state index in [2.05, 4.69) is 5.32 Å². The van der Waals surface area contributed by atoms with Crippen LogP contribution >= 0.6 is 11.3 Å². The summed E-state index contributed by atoms with van der Waals surface area (Å²) in [5.41, 5.74) is 0. The molecule has 1 aromatic rings. The van der Waals surface area contributed by atoms with Crippen LogP contribution in [0.5, 0.6) is 0 Å². The Morgan fingerprint density at radius 1 is 1.50 bits per heavy atom. The summed E-state index contributed by atoms with van der Waals surface area (Å²) in [4.78, 5) is 14.5. The van der Waals surface area contributed by atoms with Gasteiger partial charge in [0.1, 0.15) is 6.10 Å². The van der Waals surface area contributed by atoms with Gasteiger partial charge in [0.25, 0.3) is 0 Å². The Hall–Kier alpha value is -0.910. The highest BCUT2D eigenvalue weighted by Crippen LogP contribution is 2.17. The van der Waals surface area contributed by atoms with Crippen LogP contribution in [0.2, 0.25) is 0 Å². The van der Waals surface area contributed by atoms with Crippen molar-refractivity contribution in [1.29, 1.82) is 0 Å². The van der Waals surface area contributed by atoms with Crippen molar-refractivity contribution in [1.82, 2.24) is 10.2 Å². The van der Waals surface area contributed by atoms with Crippen molar-refractivity contribution >= 4 is 17.2 Å². The molecule has 0 aliphatic heterocycles. The van der Waals surface area contributed by atoms with Gasteiger partial charge in [-0.15, -0.1) is 11.3 Å². The number of aliphatic hydroxyl groups excluding tert-OH is 1. The van der Waals surface area contributed by atoms with Gasteiger partial charge in [-0.3, -0.25) is 4.79 Å². The van der Waals surface area contributed by atoms with Gasteiger partial charge in [-0.2, -0.15) is 0 Å². The Kier molecular flexibility index (Phi) is 6.93. The second kappa shape index (κ2) is 8.24. The molecule has 1 heterocycles. The molecule has 1 aromatic heterocycles. The van der Waals surface area contributed by atoms with E-state index in [1.54, 1.807) is 11.3 Å². The zero-order valence-corrected chi connectivity index (χ0v) is 11.9. The number of carbonyl (C=O) groups excluding carboxylic acids is 1. The first kappa shape index (κ1) is 15.1. The lowest BCUT2D eigenvalue weighted by atomic mass is 10.3. The quantitative estimate of drug-likeness (QED) is 0.706. The molecule has 4 nitrogen and oxygen atoms in total. The number of thiophene rings is 1. The van der Waals surface area contributed by atoms with E-state index >= 15 is 0 Å². The summed E-state index contributed by atoms with van der Waals surface area (Å²) in [5.74, 6) is 0.165. The van der Waals surface area contributed by atoms with Gasteiger partial charge in [-0.25, -0.2) is 0 Å². The van der Waals surface area contributed by atoms with Crippen LogP contribution in [-0.2, 0) is 4.79 Å². The normalized spacial score (nSPS) is 12.4. The number of rotatable bonds is 8. The van der Waals surface area contributed by atoms with Crippen molar-refractivity contribution in [2.24, 2.45) is 0 Å². The minimum atomic E-state index is -0.478. The number of hydrogen-bond donors (Lipinski definition) is 2. The maximum atomic E-state index is 11.7. The van der Waals surface area contributed by atoms with E-state index in [1.807, 2.05) is 36.3 Å². The molecule has 18 heavy (non-hydrogen) atoms. The summed E-state index contributed by atoms with van der Waals surface area (Å²) in [6.45, 7) is 6.58. The molecule has 0 spiro atoms. The molecular formula is C13H22N2O2S. The highest BCUT2D eigenvalue weighted by molar-refractivity contribution is 7.10. The van der Waals surface area contributed by atoms with E-state index in [-0.39, 0.29) is 5.91 Å². The molecule has 0 saturated heterocycles. The van der Waals surface area contributed by atoms with Crippen molar-refractivity contribution in [2.75, 3.05) is 26.2 Å². The number of nitrogens with zero attached hydrogens (tertiary/aromatic N) is 1. The molecule has 1 rings (SSSR count). The second-order valence-electron chi connectivity index (χ2n) is 4.05. The van der Waals surface area contributed by atoms with E-state index in [1.165, 1.54) is 0 Å². The van der Waals surface area contributed by atoms with Crippen LogP contribution in [0, 0.1) is 0 Å². The first-order valence-electron chi connectivity index (χ1n) is 6.39. The van der Waals surface area contributed by atoms with Crippen LogP contribution in [-0.4, -0.2) is 42.1 Å². The standard InChI is InChI=1S/C13H22N2O2S/c1-3-15(4-2)13(17)7-8-14-10-11(16)12-6-5-9-18-12/h5-6,9,11,14,16H,3-4,7-8,10H2,1-2H3. The Balaban J connectivity index is 2.17. The third kappa shape index (κ3) is 4.76. The molecule has 0 fully saturated rings. The first-order valence-corrected chi connectivity index (χ1v) is 7.27. The Labute approximate surface area is 113 Å². The molecule has 0 bridgehead atoms. The summed E-state index contributed by atoms with van der Waals surface area (Å²) in [6, 6.07) is 3.84. The summed E-state index contributed by atoms with van der Waals surface area (Å²) in [6.07, 6.45) is 0.00677. The average molecular weight is 270 g/mol. The third-order valence-corrected chi connectivity index (χ3v) is 3.81. The van der Waals surface area contributed by atoms with Crippen LogP contribution in [0.1, 0.15) is 31.2 Å². The summed E-state index contributed by atoms with van der Waals surface area (Å²) in [5, 5.41) is 14.9. The van der Waals surface area contributed by atoms with E-state index in [9.17, 15) is 9.90 Å². The Bertz CT molecular complexity index is 337. The van der Waals surface area contributed by atoms with E-state index in [4.69, 9.17) is 0 Å². The molecule has 1 atom stereocenters. The first-order chi connectivity index (χ1) is 8.69. The van der Waals surface area contributed by atoms with Gasteiger partial charge in [0, 0.05) is 37.5 Å². The monoisotopic (exact) mass is 270 g/mol.